The van der Waals surface area contributed by atoms with Gasteiger partial charge in [0, 0.05) is 40.7 Å². The van der Waals surface area contributed by atoms with E-state index in [0.29, 0.717) is 58.9 Å². The van der Waals surface area contributed by atoms with Crippen LogP contribution in [0.1, 0.15) is 41.5 Å². The van der Waals surface area contributed by atoms with Gasteiger partial charge in [-0.15, -0.1) is 0 Å². The van der Waals surface area contributed by atoms with Gasteiger partial charge in [0.1, 0.15) is 6.61 Å². The molecule has 0 aliphatic carbocycles. The van der Waals surface area contributed by atoms with Gasteiger partial charge in [0.2, 0.25) is 5.91 Å². The number of rotatable bonds is 15. The molecule has 0 bridgehead atoms. The smallest absolute Gasteiger partial charge is 0.307 e. The molecule has 0 fully saturated rings. The molecule has 0 saturated carbocycles. The molecule has 0 radical (unpaired) electrons. The van der Waals surface area contributed by atoms with Gasteiger partial charge in [-0.2, -0.15) is 0 Å². The number of carbonyl (C=O) groups excluding carboxylic acids is 2. The normalized spacial score (nSPS) is 11.1. The Morgan fingerprint density at radius 3 is 2.50 bits per heavy atom. The standard InChI is InChI=1S/C17H34N2O5.H2/c1-5-22-13-14-24-17(21)8-11-19(4)10-7-16(20)18-9-6-12-23-15(2)3;/h15H,5-14H2,1-4H3,(H,18,20);1H. The number of nitrogens with one attached hydrogen (secondary N) is 1. The first-order chi connectivity index (χ1) is 11.5. The van der Waals surface area contributed by atoms with E-state index in [0.717, 1.165) is 6.42 Å². The van der Waals surface area contributed by atoms with Crippen LogP contribution in [0.25, 0.3) is 0 Å². The largest absolute Gasteiger partial charge is 0.463 e. The van der Waals surface area contributed by atoms with Crippen molar-refractivity contribution >= 4 is 11.9 Å². The number of hydrogen-bond acceptors (Lipinski definition) is 6. The molecule has 7 heteroatoms. The van der Waals surface area contributed by atoms with Gasteiger partial charge in [-0.25, -0.2) is 0 Å². The Morgan fingerprint density at radius 1 is 1.12 bits per heavy atom. The zero-order chi connectivity index (χ0) is 18.2. The summed E-state index contributed by atoms with van der Waals surface area (Å²) in [4.78, 5) is 25.2. The number of nitrogens with zero attached hydrogens (tertiary/aromatic N) is 1. The first kappa shape index (κ1) is 22.8. The number of hydrogen-bond donors (Lipinski definition) is 1. The second-order valence-corrected chi connectivity index (χ2v) is 5.84. The maximum Gasteiger partial charge on any atom is 0.307 e. The maximum absolute atomic E-state index is 11.7. The lowest BCUT2D eigenvalue weighted by molar-refractivity contribution is -0.145. The van der Waals surface area contributed by atoms with Crippen molar-refractivity contribution in [2.45, 2.75) is 46.1 Å². The number of esters is 1. The summed E-state index contributed by atoms with van der Waals surface area (Å²) in [6.07, 6.45) is 1.77. The molecule has 0 unspecified atom stereocenters. The van der Waals surface area contributed by atoms with Gasteiger partial charge < -0.3 is 24.4 Å². The molecule has 0 aliphatic rings. The van der Waals surface area contributed by atoms with Crippen LogP contribution < -0.4 is 5.32 Å². The van der Waals surface area contributed by atoms with E-state index < -0.39 is 0 Å². The van der Waals surface area contributed by atoms with Crippen LogP contribution in [0.4, 0.5) is 0 Å². The molecule has 0 atom stereocenters. The van der Waals surface area contributed by atoms with E-state index in [-0.39, 0.29) is 19.4 Å². The fourth-order valence-electron chi connectivity index (χ4n) is 1.82. The molecule has 0 aliphatic heterocycles. The van der Waals surface area contributed by atoms with Gasteiger partial charge in [0.25, 0.3) is 0 Å². The highest BCUT2D eigenvalue weighted by Gasteiger charge is 2.08. The van der Waals surface area contributed by atoms with E-state index in [9.17, 15) is 9.59 Å². The number of ether oxygens (including phenoxy) is 3. The van der Waals surface area contributed by atoms with Crippen LogP contribution in [0, 0.1) is 0 Å². The van der Waals surface area contributed by atoms with Crippen molar-refractivity contribution in [2.75, 3.05) is 53.1 Å². The topological polar surface area (TPSA) is 77.1 Å². The van der Waals surface area contributed by atoms with E-state index in [1.165, 1.54) is 0 Å². The summed E-state index contributed by atoms with van der Waals surface area (Å²) in [5.74, 6) is -0.221. The van der Waals surface area contributed by atoms with Crippen LogP contribution in [0.5, 0.6) is 0 Å². The third-order valence-electron chi connectivity index (χ3n) is 3.21. The zero-order valence-corrected chi connectivity index (χ0v) is 15.6. The molecule has 144 valence electrons. The monoisotopic (exact) mass is 348 g/mol. The molecule has 24 heavy (non-hydrogen) atoms. The Balaban J connectivity index is 0. The number of carbonyl (C=O) groups is 2. The molecule has 0 aromatic rings. The minimum atomic E-state index is -0.240. The second-order valence-electron chi connectivity index (χ2n) is 5.84. The van der Waals surface area contributed by atoms with Gasteiger partial charge >= 0.3 is 5.97 Å². The minimum Gasteiger partial charge on any atom is -0.463 e. The zero-order valence-electron chi connectivity index (χ0n) is 15.6. The molecule has 0 aromatic heterocycles. The Bertz CT molecular complexity index is 343. The van der Waals surface area contributed by atoms with E-state index in [1.54, 1.807) is 0 Å². The Kier molecular flexibility index (Phi) is 14.6. The van der Waals surface area contributed by atoms with Crippen molar-refractivity contribution in [3.63, 3.8) is 0 Å². The SMILES string of the molecule is CCOCCOC(=O)CCN(C)CCC(=O)NCCCOC(C)C.[HH]. The van der Waals surface area contributed by atoms with Crippen molar-refractivity contribution in [3.8, 4) is 0 Å². The van der Waals surface area contributed by atoms with Crippen LogP contribution in [-0.4, -0.2) is 76.0 Å². The second kappa shape index (κ2) is 15.4. The van der Waals surface area contributed by atoms with Gasteiger partial charge in [0.05, 0.1) is 19.1 Å². The predicted molar refractivity (Wildman–Crippen MR) is 95.0 cm³/mol. The van der Waals surface area contributed by atoms with Crippen LogP contribution in [0.3, 0.4) is 0 Å². The highest BCUT2D eigenvalue weighted by Crippen LogP contribution is 1.94. The van der Waals surface area contributed by atoms with Crippen molar-refractivity contribution < 1.29 is 25.2 Å². The molecule has 0 aromatic carbocycles. The summed E-state index contributed by atoms with van der Waals surface area (Å²) in [5, 5.41) is 2.87. The highest BCUT2D eigenvalue weighted by molar-refractivity contribution is 5.76. The first-order valence-electron chi connectivity index (χ1n) is 8.75. The van der Waals surface area contributed by atoms with Crippen molar-refractivity contribution in [2.24, 2.45) is 0 Å². The van der Waals surface area contributed by atoms with E-state index >= 15 is 0 Å². The van der Waals surface area contributed by atoms with Gasteiger partial charge in [-0.1, -0.05) is 0 Å². The fraction of sp³-hybridized carbons (Fsp3) is 0.882. The molecule has 1 amide bonds. The molecule has 0 rings (SSSR count). The lowest BCUT2D eigenvalue weighted by Gasteiger charge is -2.16. The molecule has 0 spiro atoms. The van der Waals surface area contributed by atoms with Crippen molar-refractivity contribution in [3.05, 3.63) is 0 Å². The van der Waals surface area contributed by atoms with Crippen LogP contribution in [-0.2, 0) is 23.8 Å². The highest BCUT2D eigenvalue weighted by atomic mass is 16.6. The Morgan fingerprint density at radius 2 is 1.83 bits per heavy atom. The van der Waals surface area contributed by atoms with Gasteiger partial charge in [-0.05, 0) is 34.2 Å². The summed E-state index contributed by atoms with van der Waals surface area (Å²) >= 11 is 0. The molecule has 0 saturated heterocycles. The van der Waals surface area contributed by atoms with Gasteiger partial charge in [-0.3, -0.25) is 9.59 Å². The van der Waals surface area contributed by atoms with E-state index in [1.807, 2.05) is 32.7 Å². The molecule has 7 nitrogen and oxygen atoms in total. The van der Waals surface area contributed by atoms with E-state index in [2.05, 4.69) is 5.32 Å². The summed E-state index contributed by atoms with van der Waals surface area (Å²) < 4.78 is 15.5. The van der Waals surface area contributed by atoms with Crippen LogP contribution in [0.2, 0.25) is 0 Å². The van der Waals surface area contributed by atoms with Crippen molar-refractivity contribution in [1.82, 2.24) is 10.2 Å². The van der Waals surface area contributed by atoms with Crippen LogP contribution >= 0.6 is 0 Å². The average Bonchev–Trinajstić information content (AvgIpc) is 2.54. The third kappa shape index (κ3) is 15.7. The van der Waals surface area contributed by atoms with E-state index in [4.69, 9.17) is 14.2 Å². The lowest BCUT2D eigenvalue weighted by atomic mass is 10.3. The minimum absolute atomic E-state index is 0. The van der Waals surface area contributed by atoms with Crippen molar-refractivity contribution in [1.29, 1.82) is 0 Å². The molecule has 1 N–H and O–H groups in total. The summed E-state index contributed by atoms with van der Waals surface area (Å²) in [5.41, 5.74) is 0. The lowest BCUT2D eigenvalue weighted by Crippen LogP contribution is -2.31. The Labute approximate surface area is 147 Å². The predicted octanol–water partition coefficient (Wildman–Crippen LogP) is 1.46. The average molecular weight is 348 g/mol. The van der Waals surface area contributed by atoms with Gasteiger partial charge in [0.15, 0.2) is 0 Å². The summed E-state index contributed by atoms with van der Waals surface area (Å²) in [6, 6.07) is 0. The molecule has 0 heterocycles. The Hall–Kier alpha value is -1.18. The fourth-order valence-corrected chi connectivity index (χ4v) is 1.82. The summed E-state index contributed by atoms with van der Waals surface area (Å²) in [7, 11) is 1.89. The molecular weight excluding hydrogens is 312 g/mol. The number of amides is 1. The summed E-state index contributed by atoms with van der Waals surface area (Å²) in [6.45, 7) is 9.68. The third-order valence-corrected chi connectivity index (χ3v) is 3.21. The quantitative estimate of drug-likeness (QED) is 0.357. The molecular formula is C17H36N2O5. The first-order valence-corrected chi connectivity index (χ1v) is 8.75. The maximum atomic E-state index is 11.7. The van der Waals surface area contributed by atoms with Crippen LogP contribution in [0.15, 0.2) is 0 Å².